The quantitative estimate of drug-likeness (QED) is 0.887. The summed E-state index contributed by atoms with van der Waals surface area (Å²) >= 11 is 0. The lowest BCUT2D eigenvalue weighted by Crippen LogP contribution is -2.41. The van der Waals surface area contributed by atoms with Crippen LogP contribution in [0.2, 0.25) is 0 Å². The standard InChI is InChI=1S/C20H26N2O2/c1-16-3-2-4-17(13-16)15-24-19-7-5-18(6-8-19)20(14-21)22-9-11-23-12-10-22/h2-8,13,20H,9-12,14-15,21H2,1H3. The van der Waals surface area contributed by atoms with Crippen LogP contribution in [0.5, 0.6) is 5.75 Å². The molecule has 1 atom stereocenters. The van der Waals surface area contributed by atoms with Crippen LogP contribution in [0.3, 0.4) is 0 Å². The molecule has 0 amide bonds. The van der Waals surface area contributed by atoms with Gasteiger partial charge in [0.15, 0.2) is 0 Å². The van der Waals surface area contributed by atoms with Crippen LogP contribution in [0.4, 0.5) is 0 Å². The van der Waals surface area contributed by atoms with Crippen molar-refractivity contribution in [3.8, 4) is 5.75 Å². The summed E-state index contributed by atoms with van der Waals surface area (Å²) in [5.41, 5.74) is 9.69. The largest absolute Gasteiger partial charge is 0.489 e. The van der Waals surface area contributed by atoms with E-state index in [1.54, 1.807) is 0 Å². The average molecular weight is 326 g/mol. The van der Waals surface area contributed by atoms with E-state index in [9.17, 15) is 0 Å². The monoisotopic (exact) mass is 326 g/mol. The second-order valence-corrected chi connectivity index (χ2v) is 6.25. The van der Waals surface area contributed by atoms with Crippen molar-refractivity contribution in [2.24, 2.45) is 5.73 Å². The highest BCUT2D eigenvalue weighted by molar-refractivity contribution is 5.30. The lowest BCUT2D eigenvalue weighted by molar-refractivity contribution is 0.0179. The Morgan fingerprint density at radius 3 is 2.54 bits per heavy atom. The first-order valence-corrected chi connectivity index (χ1v) is 8.56. The van der Waals surface area contributed by atoms with Gasteiger partial charge in [-0.3, -0.25) is 4.90 Å². The van der Waals surface area contributed by atoms with Gasteiger partial charge in [0.1, 0.15) is 12.4 Å². The zero-order chi connectivity index (χ0) is 16.8. The molecule has 0 aliphatic carbocycles. The normalized spacial score (nSPS) is 16.8. The fourth-order valence-corrected chi connectivity index (χ4v) is 3.14. The highest BCUT2D eigenvalue weighted by Crippen LogP contribution is 2.23. The number of ether oxygens (including phenoxy) is 2. The SMILES string of the molecule is Cc1cccc(COc2ccc(C(CN)N3CCOCC3)cc2)c1. The van der Waals surface area contributed by atoms with Crippen molar-refractivity contribution in [1.29, 1.82) is 0 Å². The summed E-state index contributed by atoms with van der Waals surface area (Å²) in [5, 5.41) is 0. The zero-order valence-electron chi connectivity index (χ0n) is 14.3. The summed E-state index contributed by atoms with van der Waals surface area (Å²) in [6.45, 7) is 6.74. The molecule has 0 aromatic heterocycles. The molecule has 0 bridgehead atoms. The van der Waals surface area contributed by atoms with E-state index in [1.807, 2.05) is 12.1 Å². The van der Waals surface area contributed by atoms with E-state index in [2.05, 4.69) is 48.2 Å². The maximum absolute atomic E-state index is 6.01. The molecule has 4 heteroatoms. The second kappa shape index (κ2) is 8.29. The molecule has 1 unspecified atom stereocenters. The van der Waals surface area contributed by atoms with E-state index in [0.29, 0.717) is 13.2 Å². The third-order valence-corrected chi connectivity index (χ3v) is 4.46. The molecule has 2 aromatic carbocycles. The number of hydrogen-bond acceptors (Lipinski definition) is 4. The van der Waals surface area contributed by atoms with Crippen LogP contribution in [0, 0.1) is 6.92 Å². The predicted molar refractivity (Wildman–Crippen MR) is 96.1 cm³/mol. The first-order chi connectivity index (χ1) is 11.8. The van der Waals surface area contributed by atoms with Crippen LogP contribution in [0.25, 0.3) is 0 Å². The Labute approximate surface area is 144 Å². The summed E-state index contributed by atoms with van der Waals surface area (Å²) in [6.07, 6.45) is 0. The summed E-state index contributed by atoms with van der Waals surface area (Å²) in [6, 6.07) is 17.0. The molecule has 1 fully saturated rings. The van der Waals surface area contributed by atoms with Gasteiger partial charge < -0.3 is 15.2 Å². The molecule has 1 aliphatic rings. The molecule has 128 valence electrons. The topological polar surface area (TPSA) is 47.7 Å². The summed E-state index contributed by atoms with van der Waals surface area (Å²) in [7, 11) is 0. The first kappa shape index (κ1) is 17.0. The van der Waals surface area contributed by atoms with Crippen molar-refractivity contribution >= 4 is 0 Å². The van der Waals surface area contributed by atoms with Gasteiger partial charge in [-0.1, -0.05) is 42.0 Å². The number of nitrogens with zero attached hydrogens (tertiary/aromatic N) is 1. The van der Waals surface area contributed by atoms with Gasteiger partial charge in [-0.15, -0.1) is 0 Å². The highest BCUT2D eigenvalue weighted by Gasteiger charge is 2.21. The molecule has 1 heterocycles. The molecule has 2 N–H and O–H groups in total. The lowest BCUT2D eigenvalue weighted by Gasteiger charge is -2.34. The lowest BCUT2D eigenvalue weighted by atomic mass is 10.0. The van der Waals surface area contributed by atoms with Gasteiger partial charge in [0, 0.05) is 25.7 Å². The fraction of sp³-hybridized carbons (Fsp3) is 0.400. The van der Waals surface area contributed by atoms with Crippen LogP contribution in [0.1, 0.15) is 22.7 Å². The number of rotatable bonds is 6. The van der Waals surface area contributed by atoms with Crippen molar-refractivity contribution in [1.82, 2.24) is 4.90 Å². The Kier molecular flexibility index (Phi) is 5.86. The Hall–Kier alpha value is -1.88. The molecule has 1 saturated heterocycles. The minimum atomic E-state index is 0.250. The minimum Gasteiger partial charge on any atom is -0.489 e. The molecule has 2 aromatic rings. The van der Waals surface area contributed by atoms with Crippen molar-refractivity contribution in [3.05, 3.63) is 65.2 Å². The van der Waals surface area contributed by atoms with Crippen LogP contribution in [0.15, 0.2) is 48.5 Å². The van der Waals surface area contributed by atoms with Crippen LogP contribution in [-0.2, 0) is 11.3 Å². The number of aryl methyl sites for hydroxylation is 1. The first-order valence-electron chi connectivity index (χ1n) is 8.56. The smallest absolute Gasteiger partial charge is 0.119 e. The maximum Gasteiger partial charge on any atom is 0.119 e. The summed E-state index contributed by atoms with van der Waals surface area (Å²) in [4.78, 5) is 2.39. The number of hydrogen-bond donors (Lipinski definition) is 1. The van der Waals surface area contributed by atoms with Crippen molar-refractivity contribution in [2.75, 3.05) is 32.8 Å². The molecular weight excluding hydrogens is 300 g/mol. The summed E-state index contributed by atoms with van der Waals surface area (Å²) < 4.78 is 11.3. The highest BCUT2D eigenvalue weighted by atomic mass is 16.5. The number of benzene rings is 2. The van der Waals surface area contributed by atoms with Crippen molar-refractivity contribution < 1.29 is 9.47 Å². The van der Waals surface area contributed by atoms with E-state index in [-0.39, 0.29) is 6.04 Å². The number of nitrogens with two attached hydrogens (primary N) is 1. The second-order valence-electron chi connectivity index (χ2n) is 6.25. The molecule has 3 rings (SSSR count). The van der Waals surface area contributed by atoms with Gasteiger partial charge in [0.05, 0.1) is 13.2 Å². The van der Waals surface area contributed by atoms with Crippen LogP contribution in [-0.4, -0.2) is 37.7 Å². The Morgan fingerprint density at radius 2 is 1.88 bits per heavy atom. The number of morpholine rings is 1. The Balaban J connectivity index is 1.61. The van der Waals surface area contributed by atoms with Gasteiger partial charge >= 0.3 is 0 Å². The molecule has 0 spiro atoms. The van der Waals surface area contributed by atoms with Gasteiger partial charge in [0.2, 0.25) is 0 Å². The average Bonchev–Trinajstić information content (AvgIpc) is 2.63. The molecular formula is C20H26N2O2. The van der Waals surface area contributed by atoms with Crippen molar-refractivity contribution in [3.63, 3.8) is 0 Å². The van der Waals surface area contributed by atoms with Crippen LogP contribution < -0.4 is 10.5 Å². The van der Waals surface area contributed by atoms with E-state index in [0.717, 1.165) is 32.1 Å². The maximum atomic E-state index is 6.01. The van der Waals surface area contributed by atoms with Gasteiger partial charge in [-0.05, 0) is 30.2 Å². The third-order valence-electron chi connectivity index (χ3n) is 4.46. The Morgan fingerprint density at radius 1 is 1.12 bits per heavy atom. The van der Waals surface area contributed by atoms with E-state index >= 15 is 0 Å². The predicted octanol–water partition coefficient (Wildman–Crippen LogP) is 2.91. The molecule has 1 aliphatic heterocycles. The fourth-order valence-electron chi connectivity index (χ4n) is 3.14. The minimum absolute atomic E-state index is 0.250. The van der Waals surface area contributed by atoms with E-state index < -0.39 is 0 Å². The zero-order valence-corrected chi connectivity index (χ0v) is 14.3. The molecule has 0 radical (unpaired) electrons. The van der Waals surface area contributed by atoms with Gasteiger partial charge in [-0.25, -0.2) is 0 Å². The summed E-state index contributed by atoms with van der Waals surface area (Å²) in [5.74, 6) is 0.887. The van der Waals surface area contributed by atoms with E-state index in [1.165, 1.54) is 16.7 Å². The van der Waals surface area contributed by atoms with Gasteiger partial charge in [0.25, 0.3) is 0 Å². The molecule has 0 saturated carbocycles. The molecule has 4 nitrogen and oxygen atoms in total. The van der Waals surface area contributed by atoms with E-state index in [4.69, 9.17) is 15.2 Å². The Bertz CT molecular complexity index is 636. The van der Waals surface area contributed by atoms with Gasteiger partial charge in [-0.2, -0.15) is 0 Å². The third kappa shape index (κ3) is 4.35. The van der Waals surface area contributed by atoms with Crippen molar-refractivity contribution in [2.45, 2.75) is 19.6 Å². The molecule has 24 heavy (non-hydrogen) atoms. The van der Waals surface area contributed by atoms with Crippen LogP contribution >= 0.6 is 0 Å².